The van der Waals surface area contributed by atoms with Crippen LogP contribution in [0.15, 0.2) is 84.5 Å². The minimum Gasteiger partial charge on any atom is -0.867 e. The summed E-state index contributed by atoms with van der Waals surface area (Å²) in [5.41, 5.74) is 0.569. The Kier molecular flexibility index (Phi) is 9.06. The van der Waals surface area contributed by atoms with Crippen LogP contribution in [0.3, 0.4) is 0 Å². The molecule has 0 aromatic heterocycles. The topological polar surface area (TPSA) is 72.8 Å². The van der Waals surface area contributed by atoms with Crippen LogP contribution in [0.25, 0.3) is 5.76 Å². The fraction of sp³-hybridized carbons (Fsp3) is 0. The second-order valence-corrected chi connectivity index (χ2v) is 5.07. The number of hydrogen-bond donors (Lipinski definition) is 2. The first-order chi connectivity index (χ1) is 12.5. The first-order valence-corrected chi connectivity index (χ1v) is 7.59. The molecule has 27 heavy (non-hydrogen) atoms. The molecular weight excluding hydrogens is 397 g/mol. The average molecular weight is 412 g/mol. The van der Waals surface area contributed by atoms with Crippen molar-refractivity contribution >= 4 is 13.2 Å². The maximum Gasteiger partial charge on any atom is 2.00 e. The fourth-order valence-electron chi connectivity index (χ4n) is 2.05. The van der Waals surface area contributed by atoms with Crippen molar-refractivity contribution in [1.29, 1.82) is 0 Å². The normalized spacial score (nSPS) is 12.1. The number of benzene rings is 1. The van der Waals surface area contributed by atoms with E-state index in [4.69, 9.17) is 0 Å². The average Bonchev–Trinajstić information content (AvgIpc) is 3.32. The molecular formula is C19H15BF2FeO4. The van der Waals surface area contributed by atoms with E-state index in [1.165, 1.54) is 6.08 Å². The zero-order valence-corrected chi connectivity index (χ0v) is 15.0. The van der Waals surface area contributed by atoms with Gasteiger partial charge >= 0.3 is 24.5 Å². The van der Waals surface area contributed by atoms with Crippen molar-refractivity contribution < 1.29 is 45.7 Å². The number of phenolic OH excluding ortho intramolecular Hbond substituents is 1. The van der Waals surface area contributed by atoms with Gasteiger partial charge in [-0.3, -0.25) is 0 Å². The van der Waals surface area contributed by atoms with E-state index in [1.807, 2.05) is 30.3 Å². The molecule has 4 nitrogen and oxygen atoms in total. The molecule has 0 saturated heterocycles. The first-order valence-electron chi connectivity index (χ1n) is 7.59. The van der Waals surface area contributed by atoms with Crippen molar-refractivity contribution in [1.82, 2.24) is 0 Å². The first kappa shape index (κ1) is 22.2. The van der Waals surface area contributed by atoms with Gasteiger partial charge in [-0.15, -0.1) is 0 Å². The molecule has 0 aliphatic heterocycles. The third-order valence-corrected chi connectivity index (χ3v) is 3.25. The molecule has 140 valence electrons. The maximum absolute atomic E-state index is 12.3. The van der Waals surface area contributed by atoms with Gasteiger partial charge in [0.2, 0.25) is 0 Å². The van der Waals surface area contributed by atoms with Crippen LogP contribution in [-0.2, 0) is 17.1 Å². The van der Waals surface area contributed by atoms with Crippen molar-refractivity contribution in [3.8, 4) is 17.2 Å². The van der Waals surface area contributed by atoms with Gasteiger partial charge in [-0.2, -0.15) is 18.2 Å². The number of phenols is 1. The molecule has 8 heteroatoms. The molecule has 0 radical (unpaired) electrons. The van der Waals surface area contributed by atoms with E-state index < -0.39 is 30.5 Å². The van der Waals surface area contributed by atoms with Gasteiger partial charge in [-0.05, 0) is 29.5 Å². The third kappa shape index (κ3) is 6.77. The predicted molar refractivity (Wildman–Crippen MR) is 95.2 cm³/mol. The Labute approximate surface area is 166 Å². The summed E-state index contributed by atoms with van der Waals surface area (Å²) in [5.74, 6) is -3.07. The minimum atomic E-state index is -3.25. The molecule has 0 saturated carbocycles. The molecule has 0 atom stereocenters. The molecule has 1 aliphatic carbocycles. The smallest absolute Gasteiger partial charge is 0.867 e. The van der Waals surface area contributed by atoms with Crippen molar-refractivity contribution in [2.24, 2.45) is 0 Å². The van der Waals surface area contributed by atoms with Gasteiger partial charge in [0.25, 0.3) is 0 Å². The summed E-state index contributed by atoms with van der Waals surface area (Å²) in [6, 6.07) is 12.1. The molecule has 2 aromatic carbocycles. The van der Waals surface area contributed by atoms with Crippen LogP contribution in [0, 0.1) is 0 Å². The zero-order chi connectivity index (χ0) is 18.9. The van der Waals surface area contributed by atoms with Gasteiger partial charge in [0.1, 0.15) is 17.3 Å². The predicted octanol–water partition coefficient (Wildman–Crippen LogP) is 4.12. The second-order valence-electron chi connectivity index (χ2n) is 5.07. The van der Waals surface area contributed by atoms with Crippen LogP contribution in [0.2, 0.25) is 0 Å². The standard InChI is InChI=1S/C14H11BF2O4.C5H5.Fe/c16-15(17)21-14-10(6-8-12(19)13(14)20)11(18)7-5-9-3-1-2-4-9;1-2-4-5-3-1;/h1-8,18-20H;1-5H;/q;-1;+2/p-1. The molecule has 0 bridgehead atoms. The van der Waals surface area contributed by atoms with E-state index >= 15 is 0 Å². The molecule has 0 amide bonds. The molecule has 3 rings (SSSR count). The summed E-state index contributed by atoms with van der Waals surface area (Å²) in [5, 5.41) is 30.8. The summed E-state index contributed by atoms with van der Waals surface area (Å²) < 4.78 is 28.8. The van der Waals surface area contributed by atoms with Gasteiger partial charge in [0.05, 0.1) is 5.56 Å². The Bertz CT molecular complexity index is 812. The van der Waals surface area contributed by atoms with Gasteiger partial charge in [-0.1, -0.05) is 30.4 Å². The van der Waals surface area contributed by atoms with E-state index in [1.54, 1.807) is 30.4 Å². The van der Waals surface area contributed by atoms with E-state index in [9.17, 15) is 24.0 Å². The Morgan fingerprint density at radius 1 is 1.15 bits per heavy atom. The number of aliphatic hydroxyl groups is 1. The van der Waals surface area contributed by atoms with E-state index in [2.05, 4.69) is 4.65 Å². The van der Waals surface area contributed by atoms with Crippen LogP contribution in [0.4, 0.5) is 8.63 Å². The summed E-state index contributed by atoms with van der Waals surface area (Å²) in [6.45, 7) is 0. The summed E-state index contributed by atoms with van der Waals surface area (Å²) in [7, 11) is -3.25. The quantitative estimate of drug-likeness (QED) is 0.451. The zero-order valence-electron chi connectivity index (χ0n) is 13.9. The van der Waals surface area contributed by atoms with Gasteiger partial charge in [0, 0.05) is 0 Å². The largest absolute Gasteiger partial charge is 2.00 e. The summed E-state index contributed by atoms with van der Waals surface area (Å²) in [6.07, 6.45) is 9.92. The van der Waals surface area contributed by atoms with Gasteiger partial charge in [-0.25, -0.2) is 20.8 Å². The van der Waals surface area contributed by atoms with Crippen LogP contribution >= 0.6 is 0 Å². The number of hydrogen-bond acceptors (Lipinski definition) is 4. The number of allylic oxidation sites excluding steroid dienone is 7. The van der Waals surface area contributed by atoms with Crippen LogP contribution < -0.4 is 9.76 Å². The molecule has 1 aliphatic rings. The summed E-state index contributed by atoms with van der Waals surface area (Å²) >= 11 is 0. The van der Waals surface area contributed by atoms with E-state index in [-0.39, 0.29) is 22.6 Å². The Hall–Kier alpha value is -2.83. The van der Waals surface area contributed by atoms with Gasteiger partial charge < -0.3 is 20.0 Å². The van der Waals surface area contributed by atoms with Crippen molar-refractivity contribution in [2.75, 3.05) is 0 Å². The van der Waals surface area contributed by atoms with Crippen molar-refractivity contribution in [3.05, 3.63) is 90.1 Å². The van der Waals surface area contributed by atoms with Crippen molar-refractivity contribution in [3.63, 3.8) is 0 Å². The van der Waals surface area contributed by atoms with E-state index in [0.717, 1.165) is 17.7 Å². The molecule has 0 spiro atoms. The molecule has 0 heterocycles. The van der Waals surface area contributed by atoms with Crippen LogP contribution in [0.1, 0.15) is 5.56 Å². The van der Waals surface area contributed by atoms with Crippen LogP contribution in [-0.4, -0.2) is 17.7 Å². The minimum absolute atomic E-state index is 0. The Morgan fingerprint density at radius 2 is 1.78 bits per heavy atom. The number of rotatable bonds is 4. The second kappa shape index (κ2) is 11.0. The Morgan fingerprint density at radius 3 is 2.30 bits per heavy atom. The third-order valence-electron chi connectivity index (χ3n) is 3.25. The molecule has 2 N–H and O–H groups in total. The molecule has 0 unspecified atom stereocenters. The Balaban J connectivity index is 0.000000526. The maximum atomic E-state index is 12.3. The number of halogens is 2. The molecule has 2 aromatic rings. The number of aromatic hydroxyl groups is 1. The molecule has 0 fully saturated rings. The SMILES string of the molecule is [Fe+2].[O-]c1c(O)ccc(C(O)=CC=C2C=CC=C2)c1OB(F)F.c1cc[cH-]c1. The van der Waals surface area contributed by atoms with E-state index in [0.29, 0.717) is 0 Å². The monoisotopic (exact) mass is 412 g/mol. The van der Waals surface area contributed by atoms with Crippen LogP contribution in [0.5, 0.6) is 17.2 Å². The fourth-order valence-corrected chi connectivity index (χ4v) is 2.05. The number of aliphatic hydroxyl groups excluding tert-OH is 1. The van der Waals surface area contributed by atoms with Gasteiger partial charge in [0.15, 0.2) is 0 Å². The van der Waals surface area contributed by atoms with Crippen molar-refractivity contribution in [2.45, 2.75) is 0 Å². The summed E-state index contributed by atoms with van der Waals surface area (Å²) in [4.78, 5) is 0.